The van der Waals surface area contributed by atoms with Gasteiger partial charge in [0.25, 0.3) is 0 Å². The van der Waals surface area contributed by atoms with Crippen molar-refractivity contribution in [3.8, 4) is 22.3 Å². The summed E-state index contributed by atoms with van der Waals surface area (Å²) in [5, 5.41) is 39.0. The molecule has 0 spiro atoms. The van der Waals surface area contributed by atoms with Gasteiger partial charge in [-0.2, -0.15) is 0 Å². The van der Waals surface area contributed by atoms with E-state index in [2.05, 4.69) is 0 Å². The summed E-state index contributed by atoms with van der Waals surface area (Å²) in [5.41, 5.74) is -3.31. The Morgan fingerprint density at radius 2 is 0.824 bits per heavy atom. The number of hydrogen-bond acceptors (Lipinski definition) is 6. The van der Waals surface area contributed by atoms with E-state index in [0.29, 0.717) is 12.6 Å². The lowest BCUT2D eigenvalue weighted by atomic mass is 9.83. The van der Waals surface area contributed by atoms with Gasteiger partial charge in [-0.05, 0) is 35.4 Å². The predicted molar refractivity (Wildman–Crippen MR) is 116 cm³/mol. The molecule has 0 radical (unpaired) electrons. The number of carboxylic acid groups (broad SMARTS) is 4. The molecule has 0 aromatic heterocycles. The first-order chi connectivity index (χ1) is 16.1. The van der Waals surface area contributed by atoms with Crippen molar-refractivity contribution in [3.63, 3.8) is 0 Å². The first kappa shape index (κ1) is 23.5. The second-order valence-electron chi connectivity index (χ2n) is 6.98. The average Bonchev–Trinajstić information content (AvgIpc) is 2.81. The summed E-state index contributed by atoms with van der Waals surface area (Å²) in [6, 6.07) is 8.61. The van der Waals surface area contributed by atoms with Crippen molar-refractivity contribution in [2.75, 3.05) is 0 Å². The molecule has 170 valence electrons. The number of carboxylic acids is 4. The third-order valence-corrected chi connectivity index (χ3v) is 5.03. The van der Waals surface area contributed by atoms with E-state index in [4.69, 9.17) is 0 Å². The van der Waals surface area contributed by atoms with E-state index in [-0.39, 0.29) is 33.4 Å². The Hall–Kier alpha value is -5.12. The van der Waals surface area contributed by atoms with Gasteiger partial charge in [0.15, 0.2) is 0 Å². The van der Waals surface area contributed by atoms with Crippen molar-refractivity contribution in [2.24, 2.45) is 0 Å². The molecule has 0 aliphatic rings. The summed E-state index contributed by atoms with van der Waals surface area (Å²) in [5.74, 6) is -6.14. The fourth-order valence-electron chi connectivity index (χ4n) is 3.58. The van der Waals surface area contributed by atoms with E-state index in [0.717, 1.165) is 36.4 Å². The van der Waals surface area contributed by atoms with Gasteiger partial charge in [-0.1, -0.05) is 24.3 Å². The Balaban J connectivity index is 2.62. The van der Waals surface area contributed by atoms with Crippen LogP contribution < -0.4 is 0 Å². The molecule has 0 amide bonds. The summed E-state index contributed by atoms with van der Waals surface area (Å²) < 4.78 is 0. The Bertz CT molecular complexity index is 1290. The Morgan fingerprint density at radius 1 is 0.500 bits per heavy atom. The Morgan fingerprint density at radius 3 is 1.09 bits per heavy atom. The van der Waals surface area contributed by atoms with Crippen LogP contribution in [0.1, 0.15) is 62.1 Å². The normalized spacial score (nSPS) is 10.4. The number of carbonyl (C=O) groups is 6. The van der Waals surface area contributed by atoms with Crippen LogP contribution in [0.15, 0.2) is 48.5 Å². The molecular weight excluding hydrogens is 448 g/mol. The quantitative estimate of drug-likeness (QED) is 0.362. The third kappa shape index (κ3) is 4.15. The zero-order valence-electron chi connectivity index (χ0n) is 17.0. The lowest BCUT2D eigenvalue weighted by molar-refractivity contribution is 0.0680. The molecule has 10 nitrogen and oxygen atoms in total. The van der Waals surface area contributed by atoms with Crippen LogP contribution in [-0.2, 0) is 0 Å². The topological polar surface area (TPSA) is 183 Å². The lowest BCUT2D eigenvalue weighted by Gasteiger charge is -2.19. The van der Waals surface area contributed by atoms with Crippen molar-refractivity contribution in [3.05, 3.63) is 81.9 Å². The molecule has 10 heteroatoms. The molecule has 4 N–H and O–H groups in total. The molecule has 0 fully saturated rings. The molecular formula is C24H14O10. The maximum atomic E-state index is 12.1. The molecule has 0 bridgehead atoms. The SMILES string of the molecule is O=Cc1ccc(-c2c(C(=O)O)ccc(C(=O)O)c2-c2ccc(C=O)cc2C(=O)O)c(C(=O)O)c1. The van der Waals surface area contributed by atoms with Gasteiger partial charge in [-0.3, -0.25) is 9.59 Å². The number of benzene rings is 3. The van der Waals surface area contributed by atoms with E-state index < -0.39 is 46.1 Å². The second kappa shape index (κ2) is 9.17. The number of aromatic carboxylic acids is 4. The van der Waals surface area contributed by atoms with E-state index in [9.17, 15) is 49.2 Å². The summed E-state index contributed by atoms with van der Waals surface area (Å²) in [6.45, 7) is 0. The summed E-state index contributed by atoms with van der Waals surface area (Å²) in [4.78, 5) is 70.4. The van der Waals surface area contributed by atoms with Crippen LogP contribution in [0.3, 0.4) is 0 Å². The molecule has 0 saturated heterocycles. The summed E-state index contributed by atoms with van der Waals surface area (Å²) in [7, 11) is 0. The van der Waals surface area contributed by atoms with Crippen LogP contribution in [0.4, 0.5) is 0 Å². The Labute approximate surface area is 190 Å². The van der Waals surface area contributed by atoms with Gasteiger partial charge >= 0.3 is 23.9 Å². The number of hydrogen-bond donors (Lipinski definition) is 4. The average molecular weight is 462 g/mol. The zero-order chi connectivity index (χ0) is 25.2. The van der Waals surface area contributed by atoms with Crippen LogP contribution in [0.5, 0.6) is 0 Å². The van der Waals surface area contributed by atoms with E-state index in [1.54, 1.807) is 0 Å². The number of carbonyl (C=O) groups excluding carboxylic acids is 2. The van der Waals surface area contributed by atoms with Crippen molar-refractivity contribution in [1.29, 1.82) is 0 Å². The van der Waals surface area contributed by atoms with Crippen LogP contribution in [0, 0.1) is 0 Å². The predicted octanol–water partition coefficient (Wildman–Crippen LogP) is 3.44. The highest BCUT2D eigenvalue weighted by Crippen LogP contribution is 2.41. The molecule has 0 unspecified atom stereocenters. The molecule has 3 aromatic rings. The molecule has 0 aliphatic carbocycles. The highest BCUT2D eigenvalue weighted by molar-refractivity contribution is 6.13. The van der Waals surface area contributed by atoms with Gasteiger partial charge in [0.1, 0.15) is 12.6 Å². The minimum atomic E-state index is -1.54. The highest BCUT2D eigenvalue weighted by atomic mass is 16.4. The third-order valence-electron chi connectivity index (χ3n) is 5.03. The van der Waals surface area contributed by atoms with E-state index in [1.165, 1.54) is 12.1 Å². The highest BCUT2D eigenvalue weighted by Gasteiger charge is 2.28. The number of rotatable bonds is 8. The first-order valence-electron chi connectivity index (χ1n) is 9.40. The van der Waals surface area contributed by atoms with Gasteiger partial charge in [0, 0.05) is 22.3 Å². The van der Waals surface area contributed by atoms with Crippen molar-refractivity contribution >= 4 is 36.4 Å². The zero-order valence-corrected chi connectivity index (χ0v) is 17.0. The van der Waals surface area contributed by atoms with Crippen molar-refractivity contribution in [2.45, 2.75) is 0 Å². The van der Waals surface area contributed by atoms with Crippen LogP contribution in [-0.4, -0.2) is 56.9 Å². The fourth-order valence-corrected chi connectivity index (χ4v) is 3.58. The maximum absolute atomic E-state index is 12.1. The maximum Gasteiger partial charge on any atom is 0.336 e. The van der Waals surface area contributed by atoms with Gasteiger partial charge < -0.3 is 20.4 Å². The minimum Gasteiger partial charge on any atom is -0.478 e. The minimum absolute atomic E-state index is 0.0319. The summed E-state index contributed by atoms with van der Waals surface area (Å²) >= 11 is 0. The molecule has 0 saturated carbocycles. The molecule has 0 aliphatic heterocycles. The Kier molecular flexibility index (Phi) is 6.35. The molecule has 3 aromatic carbocycles. The van der Waals surface area contributed by atoms with Crippen molar-refractivity contribution < 1.29 is 49.2 Å². The standard InChI is InChI=1S/C24H14O10/c25-9-11-1-3-13(17(7-11)23(31)32)19-15(21(27)28)5-6-16(22(29)30)20(19)14-4-2-12(10-26)8-18(14)24(33)34/h1-10H,(H,27,28)(H,29,30)(H,31,32)(H,33,34). The van der Waals surface area contributed by atoms with Crippen LogP contribution in [0.25, 0.3) is 22.3 Å². The smallest absolute Gasteiger partial charge is 0.336 e. The molecule has 0 atom stereocenters. The van der Waals surface area contributed by atoms with Gasteiger partial charge in [-0.15, -0.1) is 0 Å². The van der Waals surface area contributed by atoms with Crippen LogP contribution >= 0.6 is 0 Å². The lowest BCUT2D eigenvalue weighted by Crippen LogP contribution is -2.11. The van der Waals surface area contributed by atoms with Crippen molar-refractivity contribution in [1.82, 2.24) is 0 Å². The molecule has 0 heterocycles. The summed E-state index contributed by atoms with van der Waals surface area (Å²) in [6.07, 6.45) is 0.757. The molecule has 3 rings (SSSR count). The van der Waals surface area contributed by atoms with E-state index >= 15 is 0 Å². The largest absolute Gasteiger partial charge is 0.478 e. The molecule has 34 heavy (non-hydrogen) atoms. The fraction of sp³-hybridized carbons (Fsp3) is 0. The van der Waals surface area contributed by atoms with Gasteiger partial charge in [-0.25, -0.2) is 19.2 Å². The van der Waals surface area contributed by atoms with Gasteiger partial charge in [0.05, 0.1) is 22.3 Å². The van der Waals surface area contributed by atoms with Crippen LogP contribution in [0.2, 0.25) is 0 Å². The van der Waals surface area contributed by atoms with Gasteiger partial charge in [0.2, 0.25) is 0 Å². The number of aldehydes is 2. The second-order valence-corrected chi connectivity index (χ2v) is 6.98. The van der Waals surface area contributed by atoms with E-state index in [1.807, 2.05) is 0 Å². The first-order valence-corrected chi connectivity index (χ1v) is 9.40. The monoisotopic (exact) mass is 462 g/mol.